The molecule has 0 aliphatic heterocycles. The van der Waals surface area contributed by atoms with Crippen LogP contribution in [0.5, 0.6) is 0 Å². The van der Waals surface area contributed by atoms with Crippen molar-refractivity contribution in [2.24, 2.45) is 5.92 Å². The van der Waals surface area contributed by atoms with Crippen LogP contribution in [0.4, 0.5) is 0 Å². The van der Waals surface area contributed by atoms with Crippen molar-refractivity contribution in [2.45, 2.75) is 39.5 Å². The van der Waals surface area contributed by atoms with E-state index >= 15 is 0 Å². The molecule has 0 aliphatic rings. The fourth-order valence-electron chi connectivity index (χ4n) is 3.05. The van der Waals surface area contributed by atoms with Gasteiger partial charge in [0.05, 0.1) is 28.9 Å². The number of ether oxygens (including phenoxy) is 2. The van der Waals surface area contributed by atoms with Crippen molar-refractivity contribution in [3.8, 4) is 0 Å². The van der Waals surface area contributed by atoms with Crippen molar-refractivity contribution in [3.63, 3.8) is 0 Å². The van der Waals surface area contributed by atoms with E-state index in [4.69, 9.17) is 9.47 Å². The van der Waals surface area contributed by atoms with Crippen molar-refractivity contribution >= 4 is 23.9 Å². The molecule has 7 heteroatoms. The summed E-state index contributed by atoms with van der Waals surface area (Å²) in [6, 6.07) is 11.3. The molecule has 0 aromatic heterocycles. The Morgan fingerprint density at radius 1 is 0.806 bits per heavy atom. The minimum Gasteiger partial charge on any atom is -0.478 e. The van der Waals surface area contributed by atoms with Crippen LogP contribution in [-0.4, -0.2) is 35.6 Å². The maximum Gasteiger partial charge on any atom is 0.346 e. The first-order valence-corrected chi connectivity index (χ1v) is 10.2. The molecule has 0 heterocycles. The second-order valence-corrected chi connectivity index (χ2v) is 7.09. The molecule has 0 radical (unpaired) electrons. The number of carboxylic acid groups (broad SMARTS) is 1. The third kappa shape index (κ3) is 6.50. The number of hydrogen-bond acceptors (Lipinski definition) is 6. The first-order valence-electron chi connectivity index (χ1n) is 10.2. The Balaban J connectivity index is 2.14. The maximum absolute atomic E-state index is 12.6. The van der Waals surface area contributed by atoms with Gasteiger partial charge in [-0.05, 0) is 36.6 Å². The molecule has 0 fully saturated rings. The molecule has 2 aromatic rings. The van der Waals surface area contributed by atoms with Crippen LogP contribution in [0.3, 0.4) is 0 Å². The highest BCUT2D eigenvalue weighted by Gasteiger charge is 2.24. The van der Waals surface area contributed by atoms with Crippen LogP contribution in [0.15, 0.2) is 48.5 Å². The van der Waals surface area contributed by atoms with Crippen molar-refractivity contribution < 1.29 is 33.8 Å². The summed E-state index contributed by atoms with van der Waals surface area (Å²) in [5.41, 5.74) is -0.691. The van der Waals surface area contributed by atoms with E-state index in [9.17, 15) is 24.3 Å². The number of benzene rings is 2. The van der Waals surface area contributed by atoms with E-state index in [2.05, 4.69) is 6.92 Å². The number of esters is 3. The molecule has 2 aromatic carbocycles. The first kappa shape index (κ1) is 23.8. The lowest BCUT2D eigenvalue weighted by Gasteiger charge is -2.15. The van der Waals surface area contributed by atoms with E-state index in [0.717, 1.165) is 25.7 Å². The molecule has 0 saturated carbocycles. The number of aromatic carboxylic acids is 1. The van der Waals surface area contributed by atoms with Gasteiger partial charge in [-0.15, -0.1) is 0 Å². The smallest absolute Gasteiger partial charge is 0.346 e. The molecule has 2 rings (SSSR count). The fourth-order valence-corrected chi connectivity index (χ4v) is 3.05. The van der Waals surface area contributed by atoms with E-state index in [-0.39, 0.29) is 34.8 Å². The van der Waals surface area contributed by atoms with Gasteiger partial charge in [-0.25, -0.2) is 19.2 Å². The molecule has 0 spiro atoms. The van der Waals surface area contributed by atoms with E-state index in [1.165, 1.54) is 42.5 Å². The van der Waals surface area contributed by atoms with Gasteiger partial charge in [-0.2, -0.15) is 0 Å². The predicted octanol–water partition coefficient (Wildman–Crippen LogP) is 4.76. The van der Waals surface area contributed by atoms with Crippen molar-refractivity contribution in [2.75, 3.05) is 6.61 Å². The highest BCUT2D eigenvalue weighted by Crippen LogP contribution is 2.18. The number of unbranched alkanes of at least 4 members (excludes halogenated alkanes) is 1. The Bertz CT molecular complexity index is 948. The van der Waals surface area contributed by atoms with Crippen LogP contribution < -0.4 is 0 Å². The lowest BCUT2D eigenvalue weighted by Crippen LogP contribution is -2.20. The van der Waals surface area contributed by atoms with Crippen molar-refractivity contribution in [1.29, 1.82) is 0 Å². The topological polar surface area (TPSA) is 107 Å². The van der Waals surface area contributed by atoms with Crippen LogP contribution in [0, 0.1) is 5.92 Å². The summed E-state index contributed by atoms with van der Waals surface area (Å²) in [4.78, 5) is 48.8. The molecule has 0 bridgehead atoms. The molecular formula is C24H26O7. The van der Waals surface area contributed by atoms with Crippen LogP contribution >= 0.6 is 0 Å². The summed E-state index contributed by atoms with van der Waals surface area (Å²) in [5, 5.41) is 9.21. The van der Waals surface area contributed by atoms with Gasteiger partial charge in [-0.3, -0.25) is 0 Å². The van der Waals surface area contributed by atoms with Gasteiger partial charge in [0.15, 0.2) is 0 Å². The first-order chi connectivity index (χ1) is 14.9. The SMILES string of the molecule is CCCCC(CC)COC(=O)c1ccccc1C(=O)OC(=O)c1ccccc1C(=O)O. The lowest BCUT2D eigenvalue weighted by atomic mass is 10.0. The summed E-state index contributed by atoms with van der Waals surface area (Å²) >= 11 is 0. The number of carbonyl (C=O) groups is 4. The molecule has 1 unspecified atom stereocenters. The van der Waals surface area contributed by atoms with Crippen molar-refractivity contribution in [3.05, 3.63) is 70.8 Å². The molecule has 164 valence electrons. The molecule has 1 atom stereocenters. The quantitative estimate of drug-likeness (QED) is 0.431. The van der Waals surface area contributed by atoms with Gasteiger partial charge in [0, 0.05) is 0 Å². The summed E-state index contributed by atoms with van der Waals surface area (Å²) in [7, 11) is 0. The van der Waals surface area contributed by atoms with Crippen LogP contribution in [0.25, 0.3) is 0 Å². The molecule has 7 nitrogen and oxygen atoms in total. The van der Waals surface area contributed by atoms with Crippen LogP contribution in [0.2, 0.25) is 0 Å². The zero-order valence-electron chi connectivity index (χ0n) is 17.6. The van der Waals surface area contributed by atoms with E-state index in [1.807, 2.05) is 6.92 Å². The molecule has 0 amide bonds. The highest BCUT2D eigenvalue weighted by molar-refractivity contribution is 6.10. The monoisotopic (exact) mass is 426 g/mol. The molecular weight excluding hydrogens is 400 g/mol. The van der Waals surface area contributed by atoms with E-state index in [0.29, 0.717) is 0 Å². The normalized spacial score (nSPS) is 11.4. The zero-order valence-corrected chi connectivity index (χ0v) is 17.6. The Morgan fingerprint density at radius 2 is 1.29 bits per heavy atom. The largest absolute Gasteiger partial charge is 0.478 e. The summed E-state index contributed by atoms with van der Waals surface area (Å²) < 4.78 is 10.3. The second-order valence-electron chi connectivity index (χ2n) is 7.09. The summed E-state index contributed by atoms with van der Waals surface area (Å²) in [6.45, 7) is 4.36. The Morgan fingerprint density at radius 3 is 1.77 bits per heavy atom. The highest BCUT2D eigenvalue weighted by atomic mass is 16.6. The predicted molar refractivity (Wildman–Crippen MR) is 113 cm³/mol. The molecule has 0 saturated heterocycles. The molecule has 0 aliphatic carbocycles. The Hall–Kier alpha value is -3.48. The lowest BCUT2D eigenvalue weighted by molar-refractivity contribution is 0.0365. The number of rotatable bonds is 10. The molecule has 1 N–H and O–H groups in total. The Labute approximate surface area is 181 Å². The van der Waals surface area contributed by atoms with Crippen LogP contribution in [-0.2, 0) is 9.47 Å². The summed E-state index contributed by atoms with van der Waals surface area (Å²) in [6.07, 6.45) is 3.91. The Kier molecular flexibility index (Phi) is 8.94. The third-order valence-electron chi connectivity index (χ3n) is 4.92. The van der Waals surface area contributed by atoms with E-state index < -0.39 is 23.9 Å². The van der Waals surface area contributed by atoms with Gasteiger partial charge in [0.1, 0.15) is 0 Å². The zero-order chi connectivity index (χ0) is 22.8. The van der Waals surface area contributed by atoms with E-state index in [1.54, 1.807) is 6.07 Å². The second kappa shape index (κ2) is 11.6. The number of carbonyl (C=O) groups excluding carboxylic acids is 3. The third-order valence-corrected chi connectivity index (χ3v) is 4.92. The van der Waals surface area contributed by atoms with Crippen molar-refractivity contribution in [1.82, 2.24) is 0 Å². The van der Waals surface area contributed by atoms with Gasteiger partial charge in [0.2, 0.25) is 0 Å². The number of carboxylic acids is 1. The maximum atomic E-state index is 12.6. The summed E-state index contributed by atoms with van der Waals surface area (Å²) in [5.74, 6) is -3.94. The van der Waals surface area contributed by atoms with Gasteiger partial charge < -0.3 is 14.6 Å². The minimum atomic E-state index is -1.32. The number of hydrogen-bond donors (Lipinski definition) is 1. The average molecular weight is 426 g/mol. The van der Waals surface area contributed by atoms with Gasteiger partial charge in [-0.1, -0.05) is 57.4 Å². The average Bonchev–Trinajstić information content (AvgIpc) is 2.78. The minimum absolute atomic E-state index is 0.0165. The van der Waals surface area contributed by atoms with Gasteiger partial charge >= 0.3 is 23.9 Å². The van der Waals surface area contributed by atoms with Crippen LogP contribution in [0.1, 0.15) is 81.0 Å². The molecule has 31 heavy (non-hydrogen) atoms. The fraction of sp³-hybridized carbons (Fsp3) is 0.333. The standard InChI is InChI=1S/C24H26O7/c1-3-5-10-16(4-2)15-30-22(27)19-13-8-9-14-20(19)24(29)31-23(28)18-12-7-6-11-17(18)21(25)26/h6-9,11-14,16H,3-5,10,15H2,1-2H3,(H,25,26). The van der Waals surface area contributed by atoms with Gasteiger partial charge in [0.25, 0.3) is 0 Å².